The molecule has 0 aromatic carbocycles. The molecule has 0 unspecified atom stereocenters. The highest BCUT2D eigenvalue weighted by Gasteiger charge is 2.07. The molecule has 6 heteroatoms. The zero-order valence-corrected chi connectivity index (χ0v) is 7.08. The quantitative estimate of drug-likeness (QED) is 0.421. The lowest BCUT2D eigenvalue weighted by Gasteiger charge is -1.94. The van der Waals surface area contributed by atoms with Crippen LogP contribution in [0.15, 0.2) is 0 Å². The minimum absolute atomic E-state index is 0.518. The van der Waals surface area contributed by atoms with Gasteiger partial charge in [0, 0.05) is 21.6 Å². The SMILES string of the molecule is COC(=O)SSC(=O)OC. The summed E-state index contributed by atoms with van der Waals surface area (Å²) in [4.78, 5) is 20.7. The first kappa shape index (κ1) is 9.64. The molecule has 0 amide bonds. The predicted molar refractivity (Wildman–Crippen MR) is 40.0 cm³/mol. The van der Waals surface area contributed by atoms with Gasteiger partial charge in [0.15, 0.2) is 0 Å². The van der Waals surface area contributed by atoms with Crippen LogP contribution < -0.4 is 0 Å². The van der Waals surface area contributed by atoms with Crippen molar-refractivity contribution in [3.8, 4) is 0 Å². The van der Waals surface area contributed by atoms with Crippen molar-refractivity contribution in [1.82, 2.24) is 0 Å². The number of carbonyl (C=O) groups excluding carboxylic acids is 2. The Morgan fingerprint density at radius 1 is 1.00 bits per heavy atom. The largest absolute Gasteiger partial charge is 0.460 e. The van der Waals surface area contributed by atoms with Gasteiger partial charge >= 0.3 is 10.6 Å². The Morgan fingerprint density at radius 2 is 1.30 bits per heavy atom. The number of methoxy groups -OCH3 is 2. The average molecular weight is 182 g/mol. The van der Waals surface area contributed by atoms with E-state index in [0.717, 1.165) is 0 Å². The van der Waals surface area contributed by atoms with Crippen molar-refractivity contribution in [2.24, 2.45) is 0 Å². The molecule has 0 aromatic heterocycles. The van der Waals surface area contributed by atoms with Crippen LogP contribution in [0.25, 0.3) is 0 Å². The van der Waals surface area contributed by atoms with Crippen molar-refractivity contribution in [1.29, 1.82) is 0 Å². The van der Waals surface area contributed by atoms with Gasteiger partial charge in [0.1, 0.15) is 0 Å². The molecule has 0 saturated heterocycles. The second kappa shape index (κ2) is 5.43. The summed E-state index contributed by atoms with van der Waals surface area (Å²) in [6, 6.07) is 0. The molecule has 10 heavy (non-hydrogen) atoms. The van der Waals surface area contributed by atoms with Gasteiger partial charge in [-0.25, -0.2) is 9.59 Å². The summed E-state index contributed by atoms with van der Waals surface area (Å²) in [7, 11) is 3.87. The summed E-state index contributed by atoms with van der Waals surface area (Å²) < 4.78 is 8.48. The summed E-state index contributed by atoms with van der Waals surface area (Å²) in [6.45, 7) is 0. The summed E-state index contributed by atoms with van der Waals surface area (Å²) in [5.74, 6) is 0. The lowest BCUT2D eigenvalue weighted by atomic mass is 11.5. The Balaban J connectivity index is 3.35. The van der Waals surface area contributed by atoms with Crippen LogP contribution in [0, 0.1) is 0 Å². The minimum atomic E-state index is -0.518. The Kier molecular flexibility index (Phi) is 5.23. The van der Waals surface area contributed by atoms with Gasteiger partial charge in [0.25, 0.3) is 0 Å². The van der Waals surface area contributed by atoms with E-state index in [-0.39, 0.29) is 0 Å². The van der Waals surface area contributed by atoms with E-state index in [4.69, 9.17) is 0 Å². The van der Waals surface area contributed by atoms with Gasteiger partial charge < -0.3 is 9.47 Å². The Morgan fingerprint density at radius 3 is 1.50 bits per heavy atom. The van der Waals surface area contributed by atoms with E-state index in [1.807, 2.05) is 0 Å². The lowest BCUT2D eigenvalue weighted by molar-refractivity contribution is 0.199. The fourth-order valence-electron chi connectivity index (χ4n) is 0.136. The Bertz CT molecular complexity index is 119. The smallest absolute Gasteiger partial charge is 0.378 e. The number of hydrogen-bond acceptors (Lipinski definition) is 6. The average Bonchev–Trinajstić information content (AvgIpc) is 1.99. The molecule has 0 atom stereocenters. The number of rotatable bonds is 0. The monoisotopic (exact) mass is 182 g/mol. The molecule has 0 aliphatic rings. The van der Waals surface area contributed by atoms with Crippen LogP contribution in [0.3, 0.4) is 0 Å². The molecule has 0 bridgehead atoms. The molecule has 0 radical (unpaired) electrons. The molecule has 0 aliphatic heterocycles. The maximum Gasteiger partial charge on any atom is 0.378 e. The second-order valence-corrected chi connectivity index (χ2v) is 3.07. The van der Waals surface area contributed by atoms with Crippen LogP contribution >= 0.6 is 21.6 Å². The standard InChI is InChI=1S/C4H6O4S2/c1-7-3(5)9-10-4(6)8-2/h1-2H3. The van der Waals surface area contributed by atoms with E-state index < -0.39 is 10.6 Å². The molecule has 0 saturated carbocycles. The first-order valence-corrected chi connectivity index (χ1v) is 4.36. The van der Waals surface area contributed by atoms with Crippen molar-refractivity contribution in [3.63, 3.8) is 0 Å². The minimum Gasteiger partial charge on any atom is -0.460 e. The lowest BCUT2D eigenvalue weighted by Crippen LogP contribution is -1.92. The summed E-state index contributed by atoms with van der Waals surface area (Å²) in [5.41, 5.74) is 0. The van der Waals surface area contributed by atoms with Gasteiger partial charge in [0.2, 0.25) is 0 Å². The third kappa shape index (κ3) is 4.51. The van der Waals surface area contributed by atoms with E-state index in [2.05, 4.69) is 9.47 Å². The molecule has 0 fully saturated rings. The van der Waals surface area contributed by atoms with Crippen LogP contribution in [-0.2, 0) is 9.47 Å². The van der Waals surface area contributed by atoms with Crippen LogP contribution in [0.4, 0.5) is 9.59 Å². The first-order chi connectivity index (χ1) is 4.70. The molecule has 0 aromatic rings. The van der Waals surface area contributed by atoms with E-state index in [0.29, 0.717) is 21.6 Å². The van der Waals surface area contributed by atoms with E-state index >= 15 is 0 Å². The van der Waals surface area contributed by atoms with Gasteiger partial charge in [-0.1, -0.05) is 0 Å². The molecule has 4 nitrogen and oxygen atoms in total. The van der Waals surface area contributed by atoms with Gasteiger partial charge in [-0.05, 0) is 0 Å². The fraction of sp³-hybridized carbons (Fsp3) is 0.500. The molecule has 0 N–H and O–H groups in total. The number of hydrogen-bond donors (Lipinski definition) is 0. The Hall–Kier alpha value is -0.360. The van der Waals surface area contributed by atoms with Crippen LogP contribution in [-0.4, -0.2) is 24.8 Å². The summed E-state index contributed by atoms with van der Waals surface area (Å²) in [5, 5.41) is -1.04. The summed E-state index contributed by atoms with van der Waals surface area (Å²) >= 11 is 0. The third-order valence-electron chi connectivity index (χ3n) is 0.511. The highest BCUT2D eigenvalue weighted by atomic mass is 33.1. The molecule has 0 rings (SSSR count). The second-order valence-electron chi connectivity index (χ2n) is 1.07. The fourth-order valence-corrected chi connectivity index (χ4v) is 1.22. The molecular weight excluding hydrogens is 176 g/mol. The van der Waals surface area contributed by atoms with E-state index in [9.17, 15) is 9.59 Å². The van der Waals surface area contributed by atoms with Crippen molar-refractivity contribution in [2.75, 3.05) is 14.2 Å². The van der Waals surface area contributed by atoms with Gasteiger partial charge in [0.05, 0.1) is 14.2 Å². The van der Waals surface area contributed by atoms with Crippen molar-refractivity contribution >= 4 is 32.2 Å². The predicted octanol–water partition coefficient (Wildman–Crippen LogP) is 1.90. The summed E-state index contributed by atoms with van der Waals surface area (Å²) in [6.07, 6.45) is 0. The molecule has 0 aliphatic carbocycles. The zero-order valence-electron chi connectivity index (χ0n) is 5.45. The van der Waals surface area contributed by atoms with Crippen molar-refractivity contribution < 1.29 is 19.1 Å². The normalized spacial score (nSPS) is 8.60. The van der Waals surface area contributed by atoms with Crippen molar-refractivity contribution in [3.05, 3.63) is 0 Å². The van der Waals surface area contributed by atoms with Gasteiger partial charge in [-0.3, -0.25) is 0 Å². The highest BCUT2D eigenvalue weighted by molar-refractivity contribution is 8.86. The third-order valence-corrected chi connectivity index (χ3v) is 2.27. The van der Waals surface area contributed by atoms with E-state index in [1.165, 1.54) is 14.2 Å². The van der Waals surface area contributed by atoms with Gasteiger partial charge in [-0.2, -0.15) is 0 Å². The van der Waals surface area contributed by atoms with Gasteiger partial charge in [-0.15, -0.1) is 0 Å². The topological polar surface area (TPSA) is 52.6 Å². The van der Waals surface area contributed by atoms with Crippen LogP contribution in [0.5, 0.6) is 0 Å². The zero-order chi connectivity index (χ0) is 7.98. The number of ether oxygens (including phenoxy) is 2. The van der Waals surface area contributed by atoms with Crippen LogP contribution in [0.2, 0.25) is 0 Å². The maximum absolute atomic E-state index is 10.3. The number of carbonyl (C=O) groups is 2. The van der Waals surface area contributed by atoms with E-state index in [1.54, 1.807) is 0 Å². The Labute approximate surface area is 66.0 Å². The first-order valence-electron chi connectivity index (χ1n) is 2.21. The molecule has 58 valence electrons. The molecule has 0 spiro atoms. The highest BCUT2D eigenvalue weighted by Crippen LogP contribution is 2.24. The molecule has 0 heterocycles. The van der Waals surface area contributed by atoms with Crippen molar-refractivity contribution in [2.45, 2.75) is 0 Å². The maximum atomic E-state index is 10.3. The van der Waals surface area contributed by atoms with Crippen LogP contribution in [0.1, 0.15) is 0 Å². The molecular formula is C4H6O4S2.